The standard InChI is InChI=1S/C51H58ClFN7O6PS2/c1-35(2)59-36(3)51(69(6,64)65)49(50(59)37-12-14-39(52)15-13-37)38-30-40(53)32-44(31-38)57-26-24-56(25-27-57)42-16-18-43(19-17-42)58-28-29-66-67(58,63)45-20-21-47(48(33-45)60(61)62)54-41(22-23-55(4)5)34-68-46-10-8-7-9-11-46/h7-21,30-33,35,41,54H,22-29,34H2,1-6H3/t41-,67+/m1/s1. The van der Waals surface area contributed by atoms with Crippen molar-refractivity contribution in [1.82, 2.24) is 9.47 Å². The highest BCUT2D eigenvalue weighted by atomic mass is 35.5. The fourth-order valence-corrected chi connectivity index (χ4v) is 13.9. The van der Waals surface area contributed by atoms with E-state index in [1.165, 1.54) is 24.5 Å². The number of hydrogen-bond donors (Lipinski definition) is 1. The first-order valence-corrected chi connectivity index (χ1v) is 27.8. The predicted molar refractivity (Wildman–Crippen MR) is 281 cm³/mol. The number of thioether (sulfide) groups is 1. The van der Waals surface area contributed by atoms with Crippen LogP contribution >= 0.6 is 30.9 Å². The van der Waals surface area contributed by atoms with Gasteiger partial charge in [-0.05, 0) is 138 Å². The topological polar surface area (TPSA) is 134 Å². The number of nitrogens with one attached hydrogen (secondary N) is 1. The van der Waals surface area contributed by atoms with Gasteiger partial charge in [0.1, 0.15) is 11.5 Å². The fraction of sp³-hybridized carbons (Fsp3) is 0.333. The Morgan fingerprint density at radius 3 is 2.14 bits per heavy atom. The summed E-state index contributed by atoms with van der Waals surface area (Å²) in [6, 6.07) is 34.3. The smallest absolute Gasteiger partial charge is 0.326 e. The maximum absolute atomic E-state index is 15.8. The van der Waals surface area contributed by atoms with Crippen molar-refractivity contribution < 1.29 is 26.8 Å². The van der Waals surface area contributed by atoms with Gasteiger partial charge in [-0.25, -0.2) is 12.8 Å². The third-order valence-electron chi connectivity index (χ3n) is 12.6. The zero-order valence-electron chi connectivity index (χ0n) is 39.6. The molecule has 2 aliphatic rings. The van der Waals surface area contributed by atoms with E-state index < -0.39 is 28.1 Å². The Labute approximate surface area is 413 Å². The molecule has 0 radical (unpaired) electrons. The summed E-state index contributed by atoms with van der Waals surface area (Å²) in [6.45, 7) is 9.50. The molecular weight excluding hydrogens is 956 g/mol. The highest BCUT2D eigenvalue weighted by Crippen LogP contribution is 2.56. The molecule has 1 N–H and O–H groups in total. The van der Waals surface area contributed by atoms with Crippen molar-refractivity contribution in [3.8, 4) is 22.4 Å². The van der Waals surface area contributed by atoms with E-state index >= 15 is 4.39 Å². The Morgan fingerprint density at radius 1 is 0.870 bits per heavy atom. The highest BCUT2D eigenvalue weighted by Gasteiger charge is 2.41. The summed E-state index contributed by atoms with van der Waals surface area (Å²) in [5.74, 6) is 0.225. The number of sulfone groups is 1. The van der Waals surface area contributed by atoms with Crippen molar-refractivity contribution in [3.05, 3.63) is 142 Å². The second-order valence-corrected chi connectivity index (χ2v) is 23.8. The van der Waals surface area contributed by atoms with Crippen molar-refractivity contribution >= 4 is 74.5 Å². The lowest BCUT2D eigenvalue weighted by Crippen LogP contribution is -2.46. The van der Waals surface area contributed by atoms with Crippen LogP contribution in [0.4, 0.5) is 32.8 Å². The van der Waals surface area contributed by atoms with E-state index in [9.17, 15) is 23.1 Å². The second kappa shape index (κ2) is 20.9. The minimum Gasteiger partial charge on any atom is -0.376 e. The van der Waals surface area contributed by atoms with Gasteiger partial charge in [0.15, 0.2) is 9.84 Å². The lowest BCUT2D eigenvalue weighted by molar-refractivity contribution is -0.383. The first-order chi connectivity index (χ1) is 32.9. The van der Waals surface area contributed by atoms with Crippen molar-refractivity contribution in [2.75, 3.05) is 91.8 Å². The summed E-state index contributed by atoms with van der Waals surface area (Å²) in [6.07, 6.45) is 1.96. The molecule has 2 saturated heterocycles. The fourth-order valence-electron chi connectivity index (χ4n) is 9.36. The largest absolute Gasteiger partial charge is 0.376 e. The molecule has 3 heterocycles. The molecular formula is C51H58ClFN7O6PS2. The number of nitrogens with zero attached hydrogens (tertiary/aromatic N) is 6. The van der Waals surface area contributed by atoms with Gasteiger partial charge in [-0.2, -0.15) is 0 Å². The van der Waals surface area contributed by atoms with Crippen molar-refractivity contribution in [3.63, 3.8) is 0 Å². The van der Waals surface area contributed by atoms with E-state index in [-0.39, 0.29) is 34.6 Å². The van der Waals surface area contributed by atoms with Gasteiger partial charge in [0, 0.05) is 94.6 Å². The molecule has 13 nitrogen and oxygen atoms in total. The molecule has 1 aromatic heterocycles. The SMILES string of the molecule is Cc1c(S(C)(=O)=O)c(-c2cc(F)cc(N3CCN(c4ccc(N5CCO[P@@]5(=O)c5ccc(N[C@H](CCN(C)C)CSc6ccccc6)c([N+](=O)[O-])c5)cc4)CC3)c2)c(-c2ccc(Cl)cc2)n1C(C)C. The first kappa shape index (κ1) is 50.1. The Morgan fingerprint density at radius 2 is 1.52 bits per heavy atom. The molecule has 0 saturated carbocycles. The number of nitro benzene ring substituents is 1. The third kappa shape index (κ3) is 11.0. The summed E-state index contributed by atoms with van der Waals surface area (Å²) in [7, 11) is -3.47. The van der Waals surface area contributed by atoms with Crippen molar-refractivity contribution in [1.29, 1.82) is 0 Å². The van der Waals surface area contributed by atoms with Crippen LogP contribution in [0.2, 0.25) is 5.02 Å². The van der Waals surface area contributed by atoms with Gasteiger partial charge in [-0.15, -0.1) is 11.8 Å². The number of aromatic nitrogens is 1. The van der Waals surface area contributed by atoms with E-state index in [0.717, 1.165) is 29.1 Å². The van der Waals surface area contributed by atoms with Gasteiger partial charge in [0.25, 0.3) is 5.69 Å². The number of benzene rings is 5. The molecule has 0 bridgehead atoms. The molecule has 6 aromatic rings. The average molecular weight is 1010 g/mol. The molecule has 0 unspecified atom stereocenters. The number of nitro groups is 1. The minimum atomic E-state index is -3.75. The van der Waals surface area contributed by atoms with Crippen LogP contribution in [-0.2, 0) is 18.9 Å². The van der Waals surface area contributed by atoms with Crippen molar-refractivity contribution in [2.45, 2.75) is 49.1 Å². The van der Waals surface area contributed by atoms with Crippen LogP contribution in [0.3, 0.4) is 0 Å². The number of halogens is 2. The monoisotopic (exact) mass is 1010 g/mol. The van der Waals surface area contributed by atoms with E-state index in [0.29, 0.717) is 83.1 Å². The van der Waals surface area contributed by atoms with E-state index in [1.807, 2.05) is 105 Å². The molecule has 5 aromatic carbocycles. The van der Waals surface area contributed by atoms with Gasteiger partial charge < -0.3 is 29.1 Å². The number of piperazine rings is 1. The number of rotatable bonds is 17. The lowest BCUT2D eigenvalue weighted by atomic mass is 9.99. The molecule has 0 amide bonds. The zero-order valence-corrected chi connectivity index (χ0v) is 42.9. The van der Waals surface area contributed by atoms with Crippen LogP contribution in [-0.4, -0.2) is 101 Å². The van der Waals surface area contributed by atoms with Crippen LogP contribution in [0.25, 0.3) is 22.4 Å². The van der Waals surface area contributed by atoms with Crippen LogP contribution in [0, 0.1) is 22.9 Å². The maximum atomic E-state index is 15.8. The molecule has 8 rings (SSSR count). The normalized spacial score (nSPS) is 17.0. The van der Waals surface area contributed by atoms with Crippen LogP contribution in [0.15, 0.2) is 125 Å². The Kier molecular flexibility index (Phi) is 15.2. The molecule has 0 spiro atoms. The van der Waals surface area contributed by atoms with Crippen LogP contribution < -0.4 is 25.1 Å². The molecule has 2 aliphatic heterocycles. The molecule has 364 valence electrons. The maximum Gasteiger partial charge on any atom is 0.326 e. The highest BCUT2D eigenvalue weighted by molar-refractivity contribution is 7.99. The van der Waals surface area contributed by atoms with Gasteiger partial charge >= 0.3 is 7.52 Å². The summed E-state index contributed by atoms with van der Waals surface area (Å²) < 4.78 is 67.3. The molecule has 2 fully saturated rings. The Bertz CT molecular complexity index is 2970. The summed E-state index contributed by atoms with van der Waals surface area (Å²) in [5, 5.41) is 16.8. The molecule has 0 aliphatic carbocycles. The van der Waals surface area contributed by atoms with E-state index in [4.69, 9.17) is 16.1 Å². The minimum absolute atomic E-state index is 0.0713. The van der Waals surface area contributed by atoms with E-state index in [1.54, 1.807) is 47.6 Å². The molecule has 69 heavy (non-hydrogen) atoms. The quantitative estimate of drug-likeness (QED) is 0.0403. The van der Waals surface area contributed by atoms with Crippen molar-refractivity contribution in [2.24, 2.45) is 0 Å². The Balaban J connectivity index is 0.987. The lowest BCUT2D eigenvalue weighted by Gasteiger charge is -2.37. The summed E-state index contributed by atoms with van der Waals surface area (Å²) >= 11 is 7.96. The molecule has 2 atom stereocenters. The molecule has 18 heteroatoms. The van der Waals surface area contributed by atoms with E-state index in [2.05, 4.69) is 20.0 Å². The van der Waals surface area contributed by atoms with Gasteiger partial charge in [0.05, 0.1) is 34.0 Å². The summed E-state index contributed by atoms with van der Waals surface area (Å²) in [5.41, 5.74) is 5.43. The first-order valence-electron chi connectivity index (χ1n) is 22.9. The second-order valence-electron chi connectivity index (χ2n) is 18.1. The average Bonchev–Trinajstić information content (AvgIpc) is 3.88. The van der Waals surface area contributed by atoms with Gasteiger partial charge in [-0.1, -0.05) is 41.9 Å². The Hall–Kier alpha value is -5.35. The number of anilines is 4. The van der Waals surface area contributed by atoms with Crippen LogP contribution in [0.5, 0.6) is 0 Å². The predicted octanol–water partition coefficient (Wildman–Crippen LogP) is 11.0. The van der Waals surface area contributed by atoms with Gasteiger partial charge in [0.2, 0.25) is 0 Å². The number of hydrogen-bond acceptors (Lipinski definition) is 11. The van der Waals surface area contributed by atoms with Gasteiger partial charge in [-0.3, -0.25) is 19.3 Å². The van der Waals surface area contributed by atoms with Crippen LogP contribution in [0.1, 0.15) is 32.0 Å². The summed E-state index contributed by atoms with van der Waals surface area (Å²) in [4.78, 5) is 19.8. The third-order valence-corrected chi connectivity index (χ3v) is 17.8. The zero-order chi connectivity index (χ0) is 49.2.